The minimum atomic E-state index is -0.191. The lowest BCUT2D eigenvalue weighted by molar-refractivity contribution is 0.0963. The zero-order valence-corrected chi connectivity index (χ0v) is 13.4. The first-order valence-electron chi connectivity index (χ1n) is 8.13. The van der Waals surface area contributed by atoms with E-state index in [0.717, 1.165) is 44.4 Å². The first kappa shape index (κ1) is 15.9. The molecule has 0 aromatic rings. The van der Waals surface area contributed by atoms with Gasteiger partial charge in [-0.1, -0.05) is 6.92 Å². The molecule has 0 spiro atoms. The summed E-state index contributed by atoms with van der Waals surface area (Å²) in [4.78, 5) is 18.0. The molecular formula is C15H28N4O2. The molecule has 0 aromatic heterocycles. The fourth-order valence-corrected chi connectivity index (χ4v) is 2.60. The van der Waals surface area contributed by atoms with Gasteiger partial charge in [-0.25, -0.2) is 4.79 Å². The highest BCUT2D eigenvalue weighted by atomic mass is 16.6. The number of hydrogen-bond acceptors (Lipinski definition) is 3. The molecule has 1 saturated carbocycles. The number of guanidine groups is 1. The maximum atomic E-state index is 11.7. The van der Waals surface area contributed by atoms with Crippen LogP contribution < -0.4 is 10.6 Å². The van der Waals surface area contributed by atoms with E-state index in [4.69, 9.17) is 4.74 Å². The van der Waals surface area contributed by atoms with Gasteiger partial charge in [-0.2, -0.15) is 0 Å². The molecule has 1 aliphatic carbocycles. The Morgan fingerprint density at radius 2 is 1.95 bits per heavy atom. The van der Waals surface area contributed by atoms with Crippen molar-refractivity contribution in [3.63, 3.8) is 0 Å². The van der Waals surface area contributed by atoms with E-state index in [2.05, 4.69) is 22.5 Å². The Labute approximate surface area is 127 Å². The van der Waals surface area contributed by atoms with Crippen LogP contribution in [0.5, 0.6) is 0 Å². The summed E-state index contributed by atoms with van der Waals surface area (Å²) in [6.45, 7) is 8.84. The average molecular weight is 296 g/mol. The Bertz CT molecular complexity index is 378. The summed E-state index contributed by atoms with van der Waals surface area (Å²) < 4.78 is 5.04. The van der Waals surface area contributed by atoms with Gasteiger partial charge in [-0.3, -0.25) is 4.99 Å². The average Bonchev–Trinajstić information content (AvgIpc) is 3.15. The highest BCUT2D eigenvalue weighted by Gasteiger charge is 2.33. The molecular weight excluding hydrogens is 268 g/mol. The zero-order valence-electron chi connectivity index (χ0n) is 13.4. The summed E-state index contributed by atoms with van der Waals surface area (Å²) >= 11 is 0. The van der Waals surface area contributed by atoms with Gasteiger partial charge in [0.25, 0.3) is 0 Å². The van der Waals surface area contributed by atoms with Crippen molar-refractivity contribution in [1.82, 2.24) is 15.5 Å². The van der Waals surface area contributed by atoms with Crippen LogP contribution in [0.1, 0.15) is 40.0 Å². The van der Waals surface area contributed by atoms with Crippen LogP contribution in [-0.2, 0) is 4.74 Å². The van der Waals surface area contributed by atoms with Crippen molar-refractivity contribution < 1.29 is 9.53 Å². The van der Waals surface area contributed by atoms with Crippen molar-refractivity contribution in [3.8, 4) is 0 Å². The molecule has 2 N–H and O–H groups in total. The van der Waals surface area contributed by atoms with Crippen LogP contribution >= 0.6 is 0 Å². The van der Waals surface area contributed by atoms with Crippen molar-refractivity contribution in [2.24, 2.45) is 10.9 Å². The molecule has 2 atom stereocenters. The molecule has 2 rings (SSSR count). The van der Waals surface area contributed by atoms with Crippen LogP contribution in [0.3, 0.4) is 0 Å². The molecule has 120 valence electrons. The van der Waals surface area contributed by atoms with E-state index in [-0.39, 0.29) is 6.09 Å². The summed E-state index contributed by atoms with van der Waals surface area (Å²) in [6.07, 6.45) is 2.90. The fraction of sp³-hybridized carbons (Fsp3) is 0.867. The molecule has 0 radical (unpaired) electrons. The third-order valence-electron chi connectivity index (χ3n) is 4.11. The number of nitrogens with one attached hydrogen (secondary N) is 2. The standard InChI is InChI=1S/C15H28N4O2/c1-4-16-14(18-13-10-11(13)3)17-12-6-8-19(9-7-12)15(20)21-5-2/h11-13H,4-10H2,1-3H3,(H2,16,17,18). The van der Waals surface area contributed by atoms with E-state index < -0.39 is 0 Å². The zero-order chi connectivity index (χ0) is 15.2. The molecule has 1 heterocycles. The van der Waals surface area contributed by atoms with E-state index in [0.29, 0.717) is 18.7 Å². The predicted octanol–water partition coefficient (Wildman–Crippen LogP) is 1.57. The molecule has 21 heavy (non-hydrogen) atoms. The van der Waals surface area contributed by atoms with Gasteiger partial charge in [0.1, 0.15) is 0 Å². The van der Waals surface area contributed by atoms with Gasteiger partial charge in [-0.15, -0.1) is 0 Å². The molecule has 0 bridgehead atoms. The molecule has 0 aromatic carbocycles. The summed E-state index contributed by atoms with van der Waals surface area (Å²) in [5.74, 6) is 1.67. The van der Waals surface area contributed by atoms with Crippen LogP contribution in [0.2, 0.25) is 0 Å². The van der Waals surface area contributed by atoms with E-state index in [1.165, 1.54) is 6.42 Å². The molecule has 2 aliphatic rings. The van der Waals surface area contributed by atoms with Crippen LogP contribution in [0.15, 0.2) is 4.99 Å². The monoisotopic (exact) mass is 296 g/mol. The fourth-order valence-electron chi connectivity index (χ4n) is 2.60. The highest BCUT2D eigenvalue weighted by Crippen LogP contribution is 2.28. The van der Waals surface area contributed by atoms with E-state index in [1.54, 1.807) is 4.90 Å². The normalized spacial score (nSPS) is 26.4. The summed E-state index contributed by atoms with van der Waals surface area (Å²) in [5, 5.41) is 6.98. The second-order valence-corrected chi connectivity index (χ2v) is 5.89. The molecule has 2 fully saturated rings. The lowest BCUT2D eigenvalue weighted by Gasteiger charge is -2.32. The van der Waals surface area contributed by atoms with Crippen molar-refractivity contribution in [3.05, 3.63) is 0 Å². The Hall–Kier alpha value is -1.46. The quantitative estimate of drug-likeness (QED) is 0.610. The number of rotatable bonds is 4. The number of amides is 1. The largest absolute Gasteiger partial charge is 0.450 e. The molecule has 6 nitrogen and oxygen atoms in total. The maximum Gasteiger partial charge on any atom is 0.409 e. The molecule has 1 aliphatic heterocycles. The van der Waals surface area contributed by atoms with Crippen molar-refractivity contribution >= 4 is 12.1 Å². The minimum Gasteiger partial charge on any atom is -0.450 e. The third-order valence-corrected chi connectivity index (χ3v) is 4.11. The number of hydrogen-bond donors (Lipinski definition) is 2. The maximum absolute atomic E-state index is 11.7. The Morgan fingerprint density at radius 1 is 1.29 bits per heavy atom. The summed E-state index contributed by atoms with van der Waals surface area (Å²) in [5.41, 5.74) is 0. The van der Waals surface area contributed by atoms with Crippen LogP contribution in [0.4, 0.5) is 4.79 Å². The SMILES string of the molecule is CCN=C(NC1CCN(C(=O)OCC)CC1)NC1CC1C. The number of piperidine rings is 1. The Balaban J connectivity index is 1.75. The lowest BCUT2D eigenvalue weighted by atomic mass is 10.1. The van der Waals surface area contributed by atoms with E-state index in [9.17, 15) is 4.79 Å². The summed E-state index contributed by atoms with van der Waals surface area (Å²) in [7, 11) is 0. The number of likely N-dealkylation sites (tertiary alicyclic amines) is 1. The third kappa shape index (κ3) is 4.79. The molecule has 1 saturated heterocycles. The van der Waals surface area contributed by atoms with Crippen molar-refractivity contribution in [1.29, 1.82) is 0 Å². The second kappa shape index (κ2) is 7.52. The Morgan fingerprint density at radius 3 is 2.48 bits per heavy atom. The van der Waals surface area contributed by atoms with Gasteiger partial charge in [0.05, 0.1) is 6.61 Å². The predicted molar refractivity (Wildman–Crippen MR) is 83.4 cm³/mol. The number of carbonyl (C=O) groups excluding carboxylic acids is 1. The Kier molecular flexibility index (Phi) is 5.70. The van der Waals surface area contributed by atoms with Gasteiger partial charge in [0, 0.05) is 31.7 Å². The van der Waals surface area contributed by atoms with Gasteiger partial charge in [0.15, 0.2) is 5.96 Å². The highest BCUT2D eigenvalue weighted by molar-refractivity contribution is 5.80. The van der Waals surface area contributed by atoms with E-state index >= 15 is 0 Å². The second-order valence-electron chi connectivity index (χ2n) is 5.89. The first-order chi connectivity index (χ1) is 10.1. The number of ether oxygens (including phenoxy) is 1. The van der Waals surface area contributed by atoms with Crippen molar-refractivity contribution in [2.75, 3.05) is 26.2 Å². The molecule has 2 unspecified atom stereocenters. The van der Waals surface area contributed by atoms with Crippen LogP contribution in [-0.4, -0.2) is 55.3 Å². The minimum absolute atomic E-state index is 0.191. The van der Waals surface area contributed by atoms with Crippen LogP contribution in [0, 0.1) is 5.92 Å². The van der Waals surface area contributed by atoms with Gasteiger partial charge < -0.3 is 20.3 Å². The number of carbonyl (C=O) groups is 1. The number of aliphatic imine (C=N–C) groups is 1. The van der Waals surface area contributed by atoms with Crippen molar-refractivity contribution in [2.45, 2.75) is 52.1 Å². The van der Waals surface area contributed by atoms with Gasteiger partial charge in [-0.05, 0) is 39.0 Å². The molecule has 1 amide bonds. The topological polar surface area (TPSA) is 66.0 Å². The smallest absolute Gasteiger partial charge is 0.409 e. The number of nitrogens with zero attached hydrogens (tertiary/aromatic N) is 2. The van der Waals surface area contributed by atoms with Gasteiger partial charge in [0.2, 0.25) is 0 Å². The first-order valence-corrected chi connectivity index (χ1v) is 8.13. The molecule has 6 heteroatoms. The van der Waals surface area contributed by atoms with E-state index in [1.807, 2.05) is 13.8 Å². The van der Waals surface area contributed by atoms with Crippen LogP contribution in [0.25, 0.3) is 0 Å². The lowest BCUT2D eigenvalue weighted by Crippen LogP contribution is -2.50. The van der Waals surface area contributed by atoms with Gasteiger partial charge >= 0.3 is 6.09 Å². The summed E-state index contributed by atoms with van der Waals surface area (Å²) in [6, 6.07) is 0.949.